The van der Waals surface area contributed by atoms with Crippen molar-refractivity contribution >= 4 is 21.4 Å². The lowest BCUT2D eigenvalue weighted by molar-refractivity contribution is 0.177. The highest BCUT2D eigenvalue weighted by molar-refractivity contribution is 7.88. The fourth-order valence-electron chi connectivity index (χ4n) is 2.53. The largest absolute Gasteiger partial charge is 0.338 e. The zero-order valence-electron chi connectivity index (χ0n) is 12.2. The molecule has 0 saturated carbocycles. The van der Waals surface area contributed by atoms with Crippen LogP contribution in [0.5, 0.6) is 0 Å². The molecule has 2 aromatic heterocycles. The third kappa shape index (κ3) is 4.13. The minimum Gasteiger partial charge on any atom is -0.338 e. The fourth-order valence-corrected chi connectivity index (χ4v) is 4.01. The van der Waals surface area contributed by atoms with Crippen LogP contribution < -0.4 is 4.72 Å². The van der Waals surface area contributed by atoms with Gasteiger partial charge in [-0.05, 0) is 24.3 Å². The van der Waals surface area contributed by atoms with Crippen LogP contribution in [0.2, 0.25) is 0 Å². The molecule has 3 heterocycles. The van der Waals surface area contributed by atoms with Gasteiger partial charge in [-0.2, -0.15) is 16.3 Å². The third-order valence-electron chi connectivity index (χ3n) is 3.57. The number of rotatable bonds is 5. The van der Waals surface area contributed by atoms with Crippen molar-refractivity contribution in [3.8, 4) is 11.4 Å². The Balaban J connectivity index is 1.53. The number of thiophene rings is 1. The van der Waals surface area contributed by atoms with Gasteiger partial charge in [-0.15, -0.1) is 0 Å². The molecular formula is C13H18N4O3S2. The maximum absolute atomic E-state index is 11.2. The van der Waals surface area contributed by atoms with Crippen LogP contribution >= 0.6 is 11.3 Å². The summed E-state index contributed by atoms with van der Waals surface area (Å²) in [7, 11) is -3.13. The molecule has 1 fully saturated rings. The Morgan fingerprint density at radius 2 is 2.23 bits per heavy atom. The van der Waals surface area contributed by atoms with Gasteiger partial charge in [0, 0.05) is 30.1 Å². The number of likely N-dealkylation sites (tertiary alicyclic amines) is 1. The van der Waals surface area contributed by atoms with E-state index in [0.717, 1.165) is 31.5 Å². The zero-order chi connectivity index (χ0) is 15.6. The smallest absolute Gasteiger partial charge is 0.241 e. The Labute approximate surface area is 133 Å². The minimum absolute atomic E-state index is 0.0234. The van der Waals surface area contributed by atoms with Gasteiger partial charge in [-0.3, -0.25) is 4.90 Å². The molecule has 0 unspecified atom stereocenters. The van der Waals surface area contributed by atoms with Crippen LogP contribution in [0.1, 0.15) is 18.7 Å². The van der Waals surface area contributed by atoms with Gasteiger partial charge in [-0.25, -0.2) is 13.1 Å². The van der Waals surface area contributed by atoms with Gasteiger partial charge in [0.15, 0.2) is 0 Å². The number of nitrogens with one attached hydrogen (secondary N) is 1. The zero-order valence-corrected chi connectivity index (χ0v) is 13.9. The molecule has 0 aliphatic carbocycles. The van der Waals surface area contributed by atoms with Gasteiger partial charge >= 0.3 is 0 Å². The molecule has 1 N–H and O–H groups in total. The van der Waals surface area contributed by atoms with Crippen molar-refractivity contribution in [3.05, 3.63) is 22.7 Å². The number of hydrogen-bond donors (Lipinski definition) is 1. The molecule has 0 radical (unpaired) electrons. The number of nitrogens with zero attached hydrogens (tertiary/aromatic N) is 3. The van der Waals surface area contributed by atoms with Gasteiger partial charge < -0.3 is 4.52 Å². The maximum Gasteiger partial charge on any atom is 0.241 e. The molecule has 2 aromatic rings. The Hall–Kier alpha value is -1.29. The Bertz CT molecular complexity index is 703. The average Bonchev–Trinajstić information content (AvgIpc) is 3.10. The molecule has 0 atom stereocenters. The summed E-state index contributed by atoms with van der Waals surface area (Å²) in [5.74, 6) is 1.21. The Morgan fingerprint density at radius 1 is 1.45 bits per heavy atom. The average molecular weight is 342 g/mol. The molecule has 1 saturated heterocycles. The van der Waals surface area contributed by atoms with E-state index in [1.54, 1.807) is 11.3 Å². The van der Waals surface area contributed by atoms with Crippen molar-refractivity contribution in [2.24, 2.45) is 0 Å². The van der Waals surface area contributed by atoms with Gasteiger partial charge in [0.2, 0.25) is 21.7 Å². The molecule has 0 amide bonds. The van der Waals surface area contributed by atoms with Crippen LogP contribution in [0.15, 0.2) is 21.3 Å². The van der Waals surface area contributed by atoms with Crippen molar-refractivity contribution in [1.29, 1.82) is 0 Å². The van der Waals surface area contributed by atoms with Gasteiger partial charge in [0.25, 0.3) is 0 Å². The second-order valence-electron chi connectivity index (χ2n) is 5.46. The van der Waals surface area contributed by atoms with E-state index in [1.165, 1.54) is 6.26 Å². The van der Waals surface area contributed by atoms with Gasteiger partial charge in [0.05, 0.1) is 12.8 Å². The lowest BCUT2D eigenvalue weighted by Crippen LogP contribution is -2.43. The van der Waals surface area contributed by atoms with Crippen LogP contribution in [-0.4, -0.2) is 48.8 Å². The van der Waals surface area contributed by atoms with E-state index >= 15 is 0 Å². The Kier molecular flexibility index (Phi) is 4.57. The maximum atomic E-state index is 11.2. The van der Waals surface area contributed by atoms with E-state index < -0.39 is 10.0 Å². The lowest BCUT2D eigenvalue weighted by Gasteiger charge is -2.30. The topological polar surface area (TPSA) is 88.3 Å². The highest BCUT2D eigenvalue weighted by atomic mass is 32.2. The summed E-state index contributed by atoms with van der Waals surface area (Å²) >= 11 is 1.60. The molecule has 7 nitrogen and oxygen atoms in total. The lowest BCUT2D eigenvalue weighted by atomic mass is 10.1. The SMILES string of the molecule is CS(=O)(=O)NC1CCN(Cc2nc(-c3ccsc3)no2)CC1. The minimum atomic E-state index is -3.13. The number of piperidine rings is 1. The summed E-state index contributed by atoms with van der Waals surface area (Å²) < 4.78 is 30.4. The first-order valence-corrected chi connectivity index (χ1v) is 9.88. The highest BCUT2D eigenvalue weighted by Crippen LogP contribution is 2.20. The predicted octanol–water partition coefficient (Wildman–Crippen LogP) is 1.31. The number of sulfonamides is 1. The van der Waals surface area contributed by atoms with Crippen molar-refractivity contribution in [2.45, 2.75) is 25.4 Å². The standard InChI is InChI=1S/C13H18N4O3S2/c1-22(18,19)16-11-2-5-17(6-3-11)8-12-14-13(15-20-12)10-4-7-21-9-10/h4,7,9,11,16H,2-3,5-6,8H2,1H3. The van der Waals surface area contributed by atoms with Crippen LogP contribution in [-0.2, 0) is 16.6 Å². The first-order chi connectivity index (χ1) is 10.5. The summed E-state index contributed by atoms with van der Waals surface area (Å²) in [6.07, 6.45) is 2.78. The quantitative estimate of drug-likeness (QED) is 0.881. The predicted molar refractivity (Wildman–Crippen MR) is 83.9 cm³/mol. The van der Waals surface area contributed by atoms with Crippen molar-refractivity contribution in [3.63, 3.8) is 0 Å². The van der Waals surface area contributed by atoms with E-state index in [0.29, 0.717) is 18.3 Å². The van der Waals surface area contributed by atoms with E-state index in [4.69, 9.17) is 4.52 Å². The summed E-state index contributed by atoms with van der Waals surface area (Å²) in [6.45, 7) is 2.22. The molecule has 0 spiro atoms. The molecular weight excluding hydrogens is 324 g/mol. The van der Waals surface area contributed by atoms with E-state index in [-0.39, 0.29) is 6.04 Å². The van der Waals surface area contributed by atoms with Crippen molar-refractivity contribution < 1.29 is 12.9 Å². The summed E-state index contributed by atoms with van der Waals surface area (Å²) in [4.78, 5) is 6.60. The normalized spacial score (nSPS) is 17.9. The number of hydrogen-bond acceptors (Lipinski definition) is 7. The summed E-state index contributed by atoms with van der Waals surface area (Å²) in [5, 5.41) is 7.95. The highest BCUT2D eigenvalue weighted by Gasteiger charge is 2.23. The molecule has 3 rings (SSSR count). The monoisotopic (exact) mass is 342 g/mol. The van der Waals surface area contributed by atoms with Crippen LogP contribution in [0, 0.1) is 0 Å². The van der Waals surface area contributed by atoms with Crippen molar-refractivity contribution in [2.75, 3.05) is 19.3 Å². The third-order valence-corrected chi connectivity index (χ3v) is 5.02. The summed E-state index contributed by atoms with van der Waals surface area (Å²) in [5.41, 5.74) is 0.969. The molecule has 1 aliphatic rings. The molecule has 0 aromatic carbocycles. The fraction of sp³-hybridized carbons (Fsp3) is 0.538. The first-order valence-electron chi connectivity index (χ1n) is 7.04. The van der Waals surface area contributed by atoms with Crippen LogP contribution in [0.25, 0.3) is 11.4 Å². The van der Waals surface area contributed by atoms with E-state index in [1.807, 2.05) is 16.8 Å². The molecule has 0 bridgehead atoms. The second-order valence-corrected chi connectivity index (χ2v) is 8.02. The van der Waals surface area contributed by atoms with E-state index in [2.05, 4.69) is 19.8 Å². The van der Waals surface area contributed by atoms with Crippen LogP contribution in [0.4, 0.5) is 0 Å². The molecule has 120 valence electrons. The van der Waals surface area contributed by atoms with Crippen molar-refractivity contribution in [1.82, 2.24) is 19.8 Å². The molecule has 1 aliphatic heterocycles. The van der Waals surface area contributed by atoms with Crippen LogP contribution in [0.3, 0.4) is 0 Å². The molecule has 22 heavy (non-hydrogen) atoms. The Morgan fingerprint density at radius 3 is 2.86 bits per heavy atom. The van der Waals surface area contributed by atoms with Gasteiger partial charge in [-0.1, -0.05) is 5.16 Å². The molecule has 9 heteroatoms. The second kappa shape index (κ2) is 6.45. The van der Waals surface area contributed by atoms with E-state index in [9.17, 15) is 8.42 Å². The first kappa shape index (κ1) is 15.6. The number of aromatic nitrogens is 2. The summed E-state index contributed by atoms with van der Waals surface area (Å²) in [6, 6.07) is 1.98. The van der Waals surface area contributed by atoms with Gasteiger partial charge in [0.1, 0.15) is 0 Å².